The number of nitriles is 1. The molecule has 0 fully saturated rings. The molecule has 0 saturated carbocycles. The van der Waals surface area contributed by atoms with Crippen molar-refractivity contribution in [3.8, 4) is 6.07 Å². The lowest BCUT2D eigenvalue weighted by Gasteiger charge is -2.19. The maximum atomic E-state index is 13.0. The van der Waals surface area contributed by atoms with E-state index in [2.05, 4.69) is 16.3 Å². The van der Waals surface area contributed by atoms with Gasteiger partial charge in [0.25, 0.3) is 0 Å². The number of fused-ring (bicyclic) bond motifs is 1. The lowest BCUT2D eigenvalue weighted by atomic mass is 10.1. The number of aryl methyl sites for hydroxylation is 1. The summed E-state index contributed by atoms with van der Waals surface area (Å²) in [6.07, 6.45) is 0.670. The van der Waals surface area contributed by atoms with Gasteiger partial charge in [0, 0.05) is 20.6 Å². The molecule has 1 aromatic heterocycles. The van der Waals surface area contributed by atoms with Crippen molar-refractivity contribution in [1.29, 1.82) is 5.26 Å². The zero-order valence-electron chi connectivity index (χ0n) is 17.8. The van der Waals surface area contributed by atoms with Gasteiger partial charge in [-0.15, -0.1) is 5.10 Å². The van der Waals surface area contributed by atoms with Crippen molar-refractivity contribution in [2.24, 2.45) is 0 Å². The van der Waals surface area contributed by atoms with Crippen LogP contribution in [0.5, 0.6) is 0 Å². The van der Waals surface area contributed by atoms with Gasteiger partial charge >= 0.3 is 5.69 Å². The van der Waals surface area contributed by atoms with E-state index in [0.717, 1.165) is 28.7 Å². The number of anilines is 2. The van der Waals surface area contributed by atoms with Gasteiger partial charge in [0.05, 0.1) is 17.1 Å². The first-order chi connectivity index (χ1) is 15.5. The second-order valence-electron chi connectivity index (χ2n) is 7.33. The first-order valence-electron chi connectivity index (χ1n) is 10.1. The van der Waals surface area contributed by atoms with Crippen LogP contribution < -0.4 is 15.5 Å². The lowest BCUT2D eigenvalue weighted by Crippen LogP contribution is -2.26. The van der Waals surface area contributed by atoms with Gasteiger partial charge in [-0.2, -0.15) is 5.26 Å². The fourth-order valence-corrected chi connectivity index (χ4v) is 4.60. The Morgan fingerprint density at radius 3 is 2.31 bits per heavy atom. The van der Waals surface area contributed by atoms with E-state index in [9.17, 15) is 14.9 Å². The number of nitrogens with one attached hydrogen (secondary N) is 1. The maximum Gasteiger partial charge on any atom is 0.343 e. The summed E-state index contributed by atoms with van der Waals surface area (Å²) >= 11 is 1.15. The van der Waals surface area contributed by atoms with E-state index in [1.54, 1.807) is 0 Å². The van der Waals surface area contributed by atoms with Crippen molar-refractivity contribution in [2.75, 3.05) is 29.6 Å². The number of hydrogen-bond donors (Lipinski definition) is 1. The van der Waals surface area contributed by atoms with Crippen LogP contribution in [-0.2, 0) is 17.8 Å². The molecule has 32 heavy (non-hydrogen) atoms. The molecule has 2 heterocycles. The zero-order valence-corrected chi connectivity index (χ0v) is 18.6. The van der Waals surface area contributed by atoms with E-state index >= 15 is 0 Å². The topological polar surface area (TPSA) is 98.0 Å². The second-order valence-corrected chi connectivity index (χ2v) is 8.27. The number of benzene rings is 2. The molecule has 0 amide bonds. The number of nitrogens with zero attached hydrogens (tertiary/aromatic N) is 5. The number of ketones is 1. The van der Waals surface area contributed by atoms with E-state index < -0.39 is 0 Å². The molecule has 8 nitrogen and oxygen atoms in total. The molecule has 9 heteroatoms. The number of rotatable bonds is 7. The number of aromatic amines is 1. The predicted molar refractivity (Wildman–Crippen MR) is 125 cm³/mol. The molecule has 2 aromatic carbocycles. The Morgan fingerprint density at radius 1 is 1.06 bits per heavy atom. The van der Waals surface area contributed by atoms with Gasteiger partial charge < -0.3 is 9.80 Å². The van der Waals surface area contributed by atoms with Gasteiger partial charge in [0.15, 0.2) is 10.9 Å². The van der Waals surface area contributed by atoms with Crippen LogP contribution in [0.2, 0.25) is 0 Å². The molecule has 0 bridgehead atoms. The Labute approximate surface area is 189 Å². The highest BCUT2D eigenvalue weighted by Gasteiger charge is 2.31. The van der Waals surface area contributed by atoms with Gasteiger partial charge in [0.2, 0.25) is 0 Å². The summed E-state index contributed by atoms with van der Waals surface area (Å²) in [5, 5.41) is 16.7. The van der Waals surface area contributed by atoms with Gasteiger partial charge in [-0.25, -0.2) is 9.89 Å². The molecule has 1 aliphatic heterocycles. The summed E-state index contributed by atoms with van der Waals surface area (Å²) in [6, 6.07) is 19.7. The third kappa shape index (κ3) is 4.05. The highest BCUT2D eigenvalue weighted by atomic mass is 32.2. The molecular formula is C23H22N6O2S. The standard InChI is InChI=1S/C23H22N6O2S/c1-27-18-10-6-7-11-19(18)28(2)21(27)17(14-24)20(30)15-32-23-26-25-22(31)29(23)13-12-16-8-4-3-5-9-16/h3-11H,12-13,15H2,1-2H3,(H,25,31). The van der Waals surface area contributed by atoms with Crippen LogP contribution in [0.1, 0.15) is 5.56 Å². The fraction of sp³-hybridized carbons (Fsp3) is 0.217. The molecule has 0 aliphatic carbocycles. The number of Topliss-reactive ketones (excluding diaryl/α,β-unsaturated/α-hetero) is 1. The van der Waals surface area contributed by atoms with Crippen molar-refractivity contribution in [2.45, 2.75) is 18.1 Å². The highest BCUT2D eigenvalue weighted by Crippen LogP contribution is 2.40. The number of thioether (sulfide) groups is 1. The van der Waals surface area contributed by atoms with Crippen molar-refractivity contribution in [3.05, 3.63) is 82.0 Å². The number of aromatic nitrogens is 3. The van der Waals surface area contributed by atoms with Crippen LogP contribution in [0.15, 0.2) is 75.9 Å². The van der Waals surface area contributed by atoms with Crippen molar-refractivity contribution in [1.82, 2.24) is 14.8 Å². The van der Waals surface area contributed by atoms with Crippen LogP contribution in [-0.4, -0.2) is 40.4 Å². The molecule has 0 unspecified atom stereocenters. The molecule has 1 aliphatic rings. The first-order valence-corrected chi connectivity index (χ1v) is 11.1. The normalized spacial score (nSPS) is 12.6. The third-order valence-electron chi connectivity index (χ3n) is 5.38. The first kappa shape index (κ1) is 21.5. The van der Waals surface area contributed by atoms with Crippen LogP contribution in [0.25, 0.3) is 0 Å². The SMILES string of the molecule is CN1C(=C(C#N)C(=O)CSc2n[nH]c(=O)n2CCc2ccccc2)N(C)c2ccccc21. The third-order valence-corrected chi connectivity index (χ3v) is 6.35. The largest absolute Gasteiger partial charge is 0.343 e. The fourth-order valence-electron chi connectivity index (χ4n) is 3.76. The van der Waals surface area contributed by atoms with Gasteiger partial charge in [-0.1, -0.05) is 54.2 Å². The van der Waals surface area contributed by atoms with Gasteiger partial charge in [-0.05, 0) is 24.1 Å². The average molecular weight is 447 g/mol. The Kier molecular flexibility index (Phi) is 6.14. The van der Waals surface area contributed by atoms with Crippen LogP contribution in [0.3, 0.4) is 0 Å². The van der Waals surface area contributed by atoms with E-state index in [0.29, 0.717) is 23.9 Å². The van der Waals surface area contributed by atoms with Crippen molar-refractivity contribution < 1.29 is 4.79 Å². The van der Waals surface area contributed by atoms with E-state index in [4.69, 9.17) is 0 Å². The summed E-state index contributed by atoms with van der Waals surface area (Å²) in [7, 11) is 3.68. The average Bonchev–Trinajstić information content (AvgIpc) is 3.29. The van der Waals surface area contributed by atoms with E-state index in [1.165, 1.54) is 4.57 Å². The maximum absolute atomic E-state index is 13.0. The Bertz CT molecular complexity index is 1240. The van der Waals surface area contributed by atoms with Crippen molar-refractivity contribution in [3.63, 3.8) is 0 Å². The van der Waals surface area contributed by atoms with Crippen LogP contribution >= 0.6 is 11.8 Å². The second kappa shape index (κ2) is 9.16. The molecule has 0 radical (unpaired) electrons. The van der Waals surface area contributed by atoms with Crippen LogP contribution in [0, 0.1) is 11.3 Å². The van der Waals surface area contributed by atoms with E-state index in [1.807, 2.05) is 78.5 Å². The van der Waals surface area contributed by atoms with E-state index in [-0.39, 0.29) is 22.8 Å². The summed E-state index contributed by atoms with van der Waals surface area (Å²) in [6.45, 7) is 0.447. The minimum absolute atomic E-state index is 0.0000485. The zero-order chi connectivity index (χ0) is 22.7. The quantitative estimate of drug-likeness (QED) is 0.339. The Hall–Kier alpha value is -3.77. The minimum Gasteiger partial charge on any atom is -0.328 e. The van der Waals surface area contributed by atoms with Crippen molar-refractivity contribution >= 4 is 28.9 Å². The molecule has 162 valence electrons. The summed E-state index contributed by atoms with van der Waals surface area (Å²) < 4.78 is 1.52. The Morgan fingerprint density at radius 2 is 1.69 bits per heavy atom. The van der Waals surface area contributed by atoms with Gasteiger partial charge in [0.1, 0.15) is 17.5 Å². The molecule has 4 rings (SSSR count). The van der Waals surface area contributed by atoms with Crippen LogP contribution in [0.4, 0.5) is 11.4 Å². The molecule has 1 N–H and O–H groups in total. The number of allylic oxidation sites excluding steroid dienone is 1. The lowest BCUT2D eigenvalue weighted by molar-refractivity contribution is -0.112. The number of para-hydroxylation sites is 2. The number of H-pyrrole nitrogens is 1. The Balaban J connectivity index is 1.50. The smallest absolute Gasteiger partial charge is 0.328 e. The number of carbonyl (C=O) groups is 1. The molecule has 0 saturated heterocycles. The monoisotopic (exact) mass is 446 g/mol. The van der Waals surface area contributed by atoms with Gasteiger partial charge in [-0.3, -0.25) is 9.36 Å². The molecule has 0 atom stereocenters. The molecular weight excluding hydrogens is 424 g/mol. The molecule has 3 aromatic rings. The predicted octanol–water partition coefficient (Wildman–Crippen LogP) is 2.80. The highest BCUT2D eigenvalue weighted by molar-refractivity contribution is 7.99. The number of hydrogen-bond acceptors (Lipinski definition) is 7. The molecule has 0 spiro atoms. The summed E-state index contributed by atoms with van der Waals surface area (Å²) in [4.78, 5) is 28.9. The minimum atomic E-state index is -0.319. The number of carbonyl (C=O) groups excluding carboxylic acids is 1. The summed E-state index contributed by atoms with van der Waals surface area (Å²) in [5.41, 5.74) is 2.73. The summed E-state index contributed by atoms with van der Waals surface area (Å²) in [5.74, 6) is 0.229.